The SMILES string of the molecule is CC1(C)c2cccc(c2)-c2cncc(-c3ccccc3)c2N2c3cc(-n4c5ccccc5c5cc([Si](C)(C)C)ccc54)ccc3B3c4ccc(-n5c6ccccc6c6cc([Si](C)(C)C)ccc65)cc4N4c5cc(cc2c53)-c2cc1cc(c2)C(C)(C)c1cccc(c1)-c1cncc(-c2ccccc2)c14. The number of pyridine rings is 2. The Labute approximate surface area is 605 Å². The molecule has 9 heteroatoms. The lowest BCUT2D eigenvalue weighted by Crippen LogP contribution is -2.61. The molecule has 4 aromatic heterocycles. The van der Waals surface area contributed by atoms with Crippen molar-refractivity contribution in [1.29, 1.82) is 0 Å². The fraction of sp³-hybridized carbons (Fsp3) is 0.128. The van der Waals surface area contributed by atoms with Crippen LogP contribution in [-0.4, -0.2) is 42.0 Å². The molecule has 0 saturated heterocycles. The number of rotatable bonds is 6. The van der Waals surface area contributed by atoms with Crippen LogP contribution in [0, 0.1) is 0 Å². The van der Waals surface area contributed by atoms with E-state index in [0.717, 1.165) is 101 Å². The molecule has 12 aromatic carbocycles. The molecule has 0 radical (unpaired) electrons. The van der Waals surface area contributed by atoms with Crippen molar-refractivity contribution in [3.05, 3.63) is 308 Å². The summed E-state index contributed by atoms with van der Waals surface area (Å²) in [5.41, 5.74) is 32.1. The third kappa shape index (κ3) is 9.17. The van der Waals surface area contributed by atoms with Crippen molar-refractivity contribution in [2.24, 2.45) is 0 Å². The second-order valence-electron chi connectivity index (χ2n) is 32.3. The Morgan fingerprint density at radius 3 is 1.12 bits per heavy atom. The lowest BCUT2D eigenvalue weighted by Gasteiger charge is -2.46. The Balaban J connectivity index is 0.990. The van der Waals surface area contributed by atoms with Crippen molar-refractivity contribution in [3.63, 3.8) is 0 Å². The molecule has 494 valence electrons. The molecule has 0 aliphatic carbocycles. The summed E-state index contributed by atoms with van der Waals surface area (Å²) in [6, 6.07) is 101. The fourth-order valence-corrected chi connectivity index (χ4v) is 20.1. The van der Waals surface area contributed by atoms with Gasteiger partial charge in [-0.3, -0.25) is 9.97 Å². The van der Waals surface area contributed by atoms with Gasteiger partial charge >= 0.3 is 0 Å². The van der Waals surface area contributed by atoms with Crippen LogP contribution in [0.15, 0.2) is 286 Å². The second-order valence-corrected chi connectivity index (χ2v) is 42.5. The van der Waals surface area contributed by atoms with E-state index in [0.29, 0.717) is 0 Å². The zero-order chi connectivity index (χ0) is 69.7. The third-order valence-electron chi connectivity index (χ3n) is 23.6. The maximum absolute atomic E-state index is 5.31. The standard InChI is InChI=1S/C94H77BN6Si2/c1-93(2)64-29-21-27-60(43-64)78-56-96-54-76(58-23-13-11-14-24-58)91(78)100-86-50-68(98-82-33-19-17-31-72(82)74-52-70(102(5,6)7)37-41-84(74)98)35-39-80(86)95-81-40-36-69(99-83-34-20-18-32-73(83)75-53-71(103(8,9)10)38-42-85(75)99)51-87(81)101-89-48-63(47-88(100)90(89)95)62-45-66(93)49-67(46-62)94(3,4)65-30-22-28-61(44-65)79-57-97-55-77(92(79)101)59-25-15-12-16-26-59/h11-57H,1-10H3. The minimum atomic E-state index is -1.71. The van der Waals surface area contributed by atoms with Gasteiger partial charge in [-0.05, 0) is 133 Å². The number of hydrogen-bond donors (Lipinski definition) is 0. The minimum Gasteiger partial charge on any atom is -0.310 e. The normalized spacial score (nSPS) is 14.4. The van der Waals surface area contributed by atoms with E-state index in [1.165, 1.54) is 92.6 Å². The molecule has 20 rings (SSSR count). The van der Waals surface area contributed by atoms with Gasteiger partial charge in [0, 0.05) is 114 Å². The lowest BCUT2D eigenvalue weighted by molar-refractivity contribution is 0.618. The number of fused-ring (bicyclic) bond motifs is 24. The zero-order valence-electron chi connectivity index (χ0n) is 59.9. The molecule has 16 aromatic rings. The summed E-state index contributed by atoms with van der Waals surface area (Å²) < 4.78 is 5.08. The predicted molar refractivity (Wildman–Crippen MR) is 442 cm³/mol. The van der Waals surface area contributed by atoms with E-state index in [-0.39, 0.29) is 6.71 Å². The van der Waals surface area contributed by atoms with E-state index in [1.54, 1.807) is 0 Å². The van der Waals surface area contributed by atoms with E-state index in [4.69, 9.17) is 9.97 Å². The van der Waals surface area contributed by atoms with Crippen molar-refractivity contribution in [2.75, 3.05) is 9.80 Å². The van der Waals surface area contributed by atoms with Crippen molar-refractivity contribution in [1.82, 2.24) is 19.1 Å². The largest absolute Gasteiger partial charge is 0.310 e. The summed E-state index contributed by atoms with van der Waals surface area (Å²) in [7, 11) is -3.42. The Morgan fingerprint density at radius 1 is 0.301 bits per heavy atom. The average Bonchev–Trinajstić information content (AvgIpc) is 0.925. The highest BCUT2D eigenvalue weighted by atomic mass is 28.3. The predicted octanol–water partition coefficient (Wildman–Crippen LogP) is 21.5. The first-order chi connectivity index (χ1) is 49.8. The van der Waals surface area contributed by atoms with Crippen LogP contribution in [0.5, 0.6) is 0 Å². The number of para-hydroxylation sites is 2. The molecule has 10 bridgehead atoms. The number of anilines is 6. The van der Waals surface area contributed by atoms with E-state index in [9.17, 15) is 0 Å². The molecule has 0 amide bonds. The van der Waals surface area contributed by atoms with Crippen molar-refractivity contribution < 1.29 is 0 Å². The highest BCUT2D eigenvalue weighted by Crippen LogP contribution is 2.56. The quantitative estimate of drug-likeness (QED) is 0.156. The molecule has 0 saturated carbocycles. The monoisotopic (exact) mass is 1360 g/mol. The first kappa shape index (κ1) is 61.5. The highest BCUT2D eigenvalue weighted by molar-refractivity contribution is 7.00. The number of aromatic nitrogens is 4. The Kier molecular flexibility index (Phi) is 13.2. The van der Waals surface area contributed by atoms with Crippen LogP contribution < -0.4 is 36.6 Å². The fourth-order valence-electron chi connectivity index (χ4n) is 17.8. The summed E-state index contributed by atoms with van der Waals surface area (Å²) in [6.45, 7) is 24.2. The van der Waals surface area contributed by atoms with Gasteiger partial charge in [0.15, 0.2) is 0 Å². The zero-order valence-corrected chi connectivity index (χ0v) is 61.9. The Morgan fingerprint density at radius 2 is 0.680 bits per heavy atom. The van der Waals surface area contributed by atoms with Crippen LogP contribution in [0.4, 0.5) is 34.1 Å². The van der Waals surface area contributed by atoms with Crippen molar-refractivity contribution >= 4 is 127 Å². The summed E-state index contributed by atoms with van der Waals surface area (Å²) in [5, 5.41) is 7.97. The molecular weight excluding hydrogens is 1280 g/mol. The van der Waals surface area contributed by atoms with Gasteiger partial charge in [-0.2, -0.15) is 0 Å². The van der Waals surface area contributed by atoms with Gasteiger partial charge in [-0.25, -0.2) is 0 Å². The maximum Gasteiger partial charge on any atom is 0.252 e. The summed E-state index contributed by atoms with van der Waals surface area (Å²) in [4.78, 5) is 16.0. The van der Waals surface area contributed by atoms with Crippen LogP contribution >= 0.6 is 0 Å². The molecule has 8 heterocycles. The van der Waals surface area contributed by atoms with Gasteiger partial charge in [0.1, 0.15) is 0 Å². The number of nitrogens with zero attached hydrogens (tertiary/aromatic N) is 6. The van der Waals surface area contributed by atoms with Crippen LogP contribution in [0.25, 0.3) is 111 Å². The van der Waals surface area contributed by atoms with Gasteiger partial charge in [-0.15, -0.1) is 0 Å². The number of benzene rings is 12. The van der Waals surface area contributed by atoms with E-state index < -0.39 is 27.0 Å². The first-order valence-corrected chi connectivity index (χ1v) is 43.4. The molecule has 0 N–H and O–H groups in total. The number of hydrogen-bond acceptors (Lipinski definition) is 4. The molecular formula is C94H77BN6Si2. The summed E-state index contributed by atoms with van der Waals surface area (Å²) in [6.07, 6.45) is 8.52. The first-order valence-electron chi connectivity index (χ1n) is 36.4. The molecule has 0 spiro atoms. The van der Waals surface area contributed by atoms with Crippen LogP contribution in [0.2, 0.25) is 39.3 Å². The molecule has 103 heavy (non-hydrogen) atoms. The highest BCUT2D eigenvalue weighted by Gasteiger charge is 2.47. The van der Waals surface area contributed by atoms with Crippen LogP contribution in [-0.2, 0) is 10.8 Å². The minimum absolute atomic E-state index is 0.261. The van der Waals surface area contributed by atoms with E-state index in [2.05, 4.69) is 372 Å². The molecule has 0 atom stereocenters. The third-order valence-corrected chi connectivity index (χ3v) is 27.7. The summed E-state index contributed by atoms with van der Waals surface area (Å²) >= 11 is 0. The van der Waals surface area contributed by atoms with Crippen LogP contribution in [0.1, 0.15) is 49.9 Å². The van der Waals surface area contributed by atoms with Gasteiger partial charge in [0.25, 0.3) is 6.71 Å². The molecule has 4 aliphatic heterocycles. The topological polar surface area (TPSA) is 42.1 Å². The molecule has 0 unspecified atom stereocenters. The molecule has 0 fully saturated rings. The van der Waals surface area contributed by atoms with Crippen molar-refractivity contribution in [2.45, 2.75) is 77.8 Å². The smallest absolute Gasteiger partial charge is 0.252 e. The average molecular weight is 1360 g/mol. The lowest BCUT2D eigenvalue weighted by atomic mass is 9.33. The van der Waals surface area contributed by atoms with Crippen LogP contribution in [0.3, 0.4) is 0 Å². The second kappa shape index (κ2) is 22.1. The van der Waals surface area contributed by atoms with Crippen molar-refractivity contribution in [3.8, 4) is 67.0 Å². The maximum atomic E-state index is 5.31. The molecule has 6 nitrogen and oxygen atoms in total. The Bertz CT molecular complexity index is 5930. The van der Waals surface area contributed by atoms with Gasteiger partial charge < -0.3 is 18.9 Å². The van der Waals surface area contributed by atoms with E-state index >= 15 is 0 Å². The van der Waals surface area contributed by atoms with Gasteiger partial charge in [0.2, 0.25) is 0 Å². The Hall–Kier alpha value is -11.4. The van der Waals surface area contributed by atoms with Gasteiger partial charge in [-0.1, -0.05) is 278 Å². The van der Waals surface area contributed by atoms with E-state index in [1.807, 2.05) is 0 Å². The molecule has 4 aliphatic rings. The van der Waals surface area contributed by atoms with Gasteiger partial charge in [0.05, 0.1) is 49.6 Å². The summed E-state index contributed by atoms with van der Waals surface area (Å²) in [5.74, 6) is 0.